The summed E-state index contributed by atoms with van der Waals surface area (Å²) in [5.74, 6) is 0.971. The van der Waals surface area contributed by atoms with Gasteiger partial charge in [-0.2, -0.15) is 0 Å². The standard InChI is InChI=1S/C18H18N4O3/c1-24-15-7-6-12(10-16(15)25-2)22-17(23)11-21-14-5-3-4-13-18(14)20-9-8-19-13/h3-10,21H,11H2,1-2H3,(H,22,23). The van der Waals surface area contributed by atoms with Crippen molar-refractivity contribution in [1.82, 2.24) is 9.97 Å². The number of carbonyl (C=O) groups excluding carboxylic acids is 1. The summed E-state index contributed by atoms with van der Waals surface area (Å²) < 4.78 is 10.4. The number of methoxy groups -OCH3 is 2. The van der Waals surface area contributed by atoms with Gasteiger partial charge in [-0.1, -0.05) is 6.07 Å². The summed E-state index contributed by atoms with van der Waals surface area (Å²) >= 11 is 0. The molecule has 0 radical (unpaired) electrons. The molecule has 0 saturated heterocycles. The molecule has 0 spiro atoms. The lowest BCUT2D eigenvalue weighted by Gasteiger charge is -2.12. The monoisotopic (exact) mass is 338 g/mol. The molecule has 1 amide bonds. The van der Waals surface area contributed by atoms with Gasteiger partial charge in [0.05, 0.1) is 32.0 Å². The zero-order valence-electron chi connectivity index (χ0n) is 13.9. The third-order valence-corrected chi connectivity index (χ3v) is 3.61. The molecule has 0 bridgehead atoms. The van der Waals surface area contributed by atoms with Gasteiger partial charge in [-0.25, -0.2) is 0 Å². The summed E-state index contributed by atoms with van der Waals surface area (Å²) in [7, 11) is 3.11. The largest absolute Gasteiger partial charge is 0.493 e. The molecule has 0 unspecified atom stereocenters. The number of aromatic nitrogens is 2. The summed E-state index contributed by atoms with van der Waals surface area (Å²) in [5, 5.41) is 5.90. The Bertz CT molecular complexity index is 893. The molecule has 25 heavy (non-hydrogen) atoms. The van der Waals surface area contributed by atoms with Crippen molar-refractivity contribution >= 4 is 28.3 Å². The molecular weight excluding hydrogens is 320 g/mol. The molecule has 0 atom stereocenters. The number of nitrogens with zero attached hydrogens (tertiary/aromatic N) is 2. The van der Waals surface area contributed by atoms with Gasteiger partial charge in [0.25, 0.3) is 0 Å². The second kappa shape index (κ2) is 7.48. The van der Waals surface area contributed by atoms with Crippen molar-refractivity contribution in [3.8, 4) is 11.5 Å². The topological polar surface area (TPSA) is 85.4 Å². The van der Waals surface area contributed by atoms with Crippen molar-refractivity contribution in [2.24, 2.45) is 0 Å². The lowest BCUT2D eigenvalue weighted by atomic mass is 10.2. The van der Waals surface area contributed by atoms with E-state index in [9.17, 15) is 4.79 Å². The number of rotatable bonds is 6. The highest BCUT2D eigenvalue weighted by Gasteiger charge is 2.08. The Morgan fingerprint density at radius 3 is 2.64 bits per heavy atom. The lowest BCUT2D eigenvalue weighted by molar-refractivity contribution is -0.114. The molecule has 3 aromatic rings. The van der Waals surface area contributed by atoms with Gasteiger partial charge in [0, 0.05) is 24.1 Å². The van der Waals surface area contributed by atoms with Gasteiger partial charge in [-0.15, -0.1) is 0 Å². The van der Waals surface area contributed by atoms with E-state index in [4.69, 9.17) is 9.47 Å². The van der Waals surface area contributed by atoms with E-state index in [1.165, 1.54) is 0 Å². The predicted octanol–water partition coefficient (Wildman–Crippen LogP) is 2.70. The van der Waals surface area contributed by atoms with Crippen LogP contribution in [0.2, 0.25) is 0 Å². The number of hydrogen-bond donors (Lipinski definition) is 2. The Hall–Kier alpha value is -3.35. The Morgan fingerprint density at radius 2 is 1.84 bits per heavy atom. The number of carbonyl (C=O) groups is 1. The summed E-state index contributed by atoms with van der Waals surface area (Å²) in [5.41, 5.74) is 2.88. The number of benzene rings is 2. The van der Waals surface area contributed by atoms with E-state index in [2.05, 4.69) is 20.6 Å². The fourth-order valence-corrected chi connectivity index (χ4v) is 2.43. The predicted molar refractivity (Wildman–Crippen MR) is 96.2 cm³/mol. The van der Waals surface area contributed by atoms with E-state index in [-0.39, 0.29) is 12.5 Å². The molecule has 7 heteroatoms. The van der Waals surface area contributed by atoms with Crippen LogP contribution in [-0.2, 0) is 4.79 Å². The van der Waals surface area contributed by atoms with Gasteiger partial charge < -0.3 is 20.1 Å². The van der Waals surface area contributed by atoms with Gasteiger partial charge in [0.2, 0.25) is 5.91 Å². The Morgan fingerprint density at radius 1 is 1.04 bits per heavy atom. The van der Waals surface area contributed by atoms with Gasteiger partial charge >= 0.3 is 0 Å². The number of amides is 1. The van der Waals surface area contributed by atoms with Gasteiger partial charge in [-0.3, -0.25) is 14.8 Å². The highest BCUT2D eigenvalue weighted by molar-refractivity contribution is 5.96. The zero-order chi connectivity index (χ0) is 17.6. The first kappa shape index (κ1) is 16.5. The number of nitrogens with one attached hydrogen (secondary N) is 2. The molecule has 128 valence electrons. The van der Waals surface area contributed by atoms with E-state index in [0.29, 0.717) is 17.2 Å². The minimum atomic E-state index is -0.187. The van der Waals surface area contributed by atoms with Crippen molar-refractivity contribution < 1.29 is 14.3 Å². The van der Waals surface area contributed by atoms with Crippen LogP contribution >= 0.6 is 0 Å². The number of fused-ring (bicyclic) bond motifs is 1. The third-order valence-electron chi connectivity index (χ3n) is 3.61. The minimum absolute atomic E-state index is 0.101. The van der Waals surface area contributed by atoms with Crippen LogP contribution in [-0.4, -0.2) is 36.6 Å². The fourth-order valence-electron chi connectivity index (χ4n) is 2.43. The number of anilines is 2. The highest BCUT2D eigenvalue weighted by Crippen LogP contribution is 2.29. The van der Waals surface area contributed by atoms with E-state index < -0.39 is 0 Å². The fraction of sp³-hybridized carbons (Fsp3) is 0.167. The molecule has 7 nitrogen and oxygen atoms in total. The summed E-state index contributed by atoms with van der Waals surface area (Å²) in [6.45, 7) is 0.101. The molecule has 2 aromatic carbocycles. The van der Waals surface area contributed by atoms with E-state index in [0.717, 1.165) is 16.7 Å². The van der Waals surface area contributed by atoms with Crippen LogP contribution < -0.4 is 20.1 Å². The average molecular weight is 338 g/mol. The van der Waals surface area contributed by atoms with Crippen LogP contribution in [0.1, 0.15) is 0 Å². The van der Waals surface area contributed by atoms with Crippen molar-refractivity contribution in [2.45, 2.75) is 0 Å². The lowest BCUT2D eigenvalue weighted by Crippen LogP contribution is -2.22. The van der Waals surface area contributed by atoms with E-state index >= 15 is 0 Å². The van der Waals surface area contributed by atoms with Crippen molar-refractivity contribution in [1.29, 1.82) is 0 Å². The first-order valence-corrected chi connectivity index (χ1v) is 7.66. The van der Waals surface area contributed by atoms with Crippen molar-refractivity contribution in [3.05, 3.63) is 48.8 Å². The van der Waals surface area contributed by atoms with Crippen molar-refractivity contribution in [2.75, 3.05) is 31.4 Å². The maximum absolute atomic E-state index is 12.2. The number of hydrogen-bond acceptors (Lipinski definition) is 6. The highest BCUT2D eigenvalue weighted by atomic mass is 16.5. The van der Waals surface area contributed by atoms with Crippen molar-refractivity contribution in [3.63, 3.8) is 0 Å². The first-order chi connectivity index (χ1) is 12.2. The van der Waals surface area contributed by atoms with Crippen LogP contribution in [0.3, 0.4) is 0 Å². The van der Waals surface area contributed by atoms with Crippen LogP contribution in [0.15, 0.2) is 48.8 Å². The third kappa shape index (κ3) is 3.77. The minimum Gasteiger partial charge on any atom is -0.493 e. The summed E-state index contributed by atoms with van der Waals surface area (Å²) in [6, 6.07) is 10.8. The molecule has 2 N–H and O–H groups in total. The molecule has 0 saturated carbocycles. The van der Waals surface area contributed by atoms with Gasteiger partial charge in [-0.05, 0) is 24.3 Å². The van der Waals surface area contributed by atoms with Crippen LogP contribution in [0.25, 0.3) is 11.0 Å². The maximum atomic E-state index is 12.2. The quantitative estimate of drug-likeness (QED) is 0.719. The van der Waals surface area contributed by atoms with Gasteiger partial charge in [0.15, 0.2) is 11.5 Å². The van der Waals surface area contributed by atoms with E-state index in [1.54, 1.807) is 44.8 Å². The van der Waals surface area contributed by atoms with Crippen LogP contribution in [0, 0.1) is 0 Å². The second-order valence-corrected chi connectivity index (χ2v) is 5.20. The summed E-state index contributed by atoms with van der Waals surface area (Å²) in [4.78, 5) is 20.7. The molecule has 0 aliphatic carbocycles. The van der Waals surface area contributed by atoms with Crippen LogP contribution in [0.4, 0.5) is 11.4 Å². The second-order valence-electron chi connectivity index (χ2n) is 5.20. The molecule has 0 aliphatic heterocycles. The van der Waals surface area contributed by atoms with Gasteiger partial charge in [0.1, 0.15) is 5.52 Å². The SMILES string of the molecule is COc1ccc(NC(=O)CNc2cccc3nccnc23)cc1OC. The first-order valence-electron chi connectivity index (χ1n) is 7.66. The molecular formula is C18H18N4O3. The smallest absolute Gasteiger partial charge is 0.243 e. The molecule has 0 aliphatic rings. The normalized spacial score (nSPS) is 10.3. The maximum Gasteiger partial charge on any atom is 0.243 e. The zero-order valence-corrected chi connectivity index (χ0v) is 13.9. The molecule has 0 fully saturated rings. The molecule has 1 heterocycles. The number of ether oxygens (including phenoxy) is 2. The average Bonchev–Trinajstić information content (AvgIpc) is 2.66. The summed E-state index contributed by atoms with van der Waals surface area (Å²) in [6.07, 6.45) is 3.26. The Kier molecular flexibility index (Phi) is 4.94. The van der Waals surface area contributed by atoms with E-state index in [1.807, 2.05) is 18.2 Å². The Balaban J connectivity index is 1.67. The Labute approximate surface area is 145 Å². The van der Waals surface area contributed by atoms with Crippen LogP contribution in [0.5, 0.6) is 11.5 Å². The number of para-hydroxylation sites is 1. The molecule has 3 rings (SSSR count). The molecule has 1 aromatic heterocycles.